The summed E-state index contributed by atoms with van der Waals surface area (Å²) in [6.45, 7) is 6.72. The molecule has 3 aliphatic rings. The highest BCUT2D eigenvalue weighted by molar-refractivity contribution is 6.23. The molecule has 2 fully saturated rings. The second-order valence-corrected chi connectivity index (χ2v) is 9.25. The number of carbonyl (C=O) groups is 5. The fourth-order valence-electron chi connectivity index (χ4n) is 4.39. The van der Waals surface area contributed by atoms with Crippen molar-refractivity contribution in [1.29, 1.82) is 0 Å². The van der Waals surface area contributed by atoms with Crippen LogP contribution in [-0.4, -0.2) is 71.2 Å². The summed E-state index contributed by atoms with van der Waals surface area (Å²) in [5.74, 6) is -5.39. The van der Waals surface area contributed by atoms with Crippen molar-refractivity contribution in [3.8, 4) is 5.75 Å². The van der Waals surface area contributed by atoms with Gasteiger partial charge in [0, 0.05) is 43.7 Å². The number of imide groups is 2. The van der Waals surface area contributed by atoms with Crippen LogP contribution < -0.4 is 15.4 Å². The van der Waals surface area contributed by atoms with E-state index in [1.807, 2.05) is 0 Å². The average Bonchev–Trinajstić information content (AvgIpc) is 2.99. The Hall–Kier alpha value is -3.34. The molecular weight excluding hydrogens is 435 g/mol. The van der Waals surface area contributed by atoms with E-state index in [9.17, 15) is 24.0 Å². The summed E-state index contributed by atoms with van der Waals surface area (Å²) in [5.41, 5.74) is -1.46. The first-order chi connectivity index (χ1) is 15.5. The van der Waals surface area contributed by atoms with E-state index < -0.39 is 52.7 Å². The van der Waals surface area contributed by atoms with Crippen LogP contribution in [0.4, 0.5) is 9.18 Å². The highest BCUT2D eigenvalue weighted by Crippen LogP contribution is 2.43. The largest absolute Gasteiger partial charge is 0.415 e. The number of piperidine rings is 1. The van der Waals surface area contributed by atoms with E-state index in [2.05, 4.69) is 10.6 Å². The summed E-state index contributed by atoms with van der Waals surface area (Å²) in [6.07, 6.45) is -0.887. The number of hydrogen-bond donors (Lipinski definition) is 2. The van der Waals surface area contributed by atoms with Crippen LogP contribution in [0.15, 0.2) is 6.07 Å². The van der Waals surface area contributed by atoms with Gasteiger partial charge in [0.25, 0.3) is 11.8 Å². The number of ether oxygens (including phenoxy) is 1. The lowest BCUT2D eigenvalue weighted by molar-refractivity contribution is -0.134. The van der Waals surface area contributed by atoms with Crippen molar-refractivity contribution < 1.29 is 33.1 Å². The molecule has 0 spiro atoms. The minimum Gasteiger partial charge on any atom is -0.407 e. The van der Waals surface area contributed by atoms with Crippen LogP contribution in [0, 0.1) is 5.82 Å². The van der Waals surface area contributed by atoms with E-state index in [1.54, 1.807) is 20.8 Å². The summed E-state index contributed by atoms with van der Waals surface area (Å²) in [6, 6.07) is 0.872. The second kappa shape index (κ2) is 8.22. The Balaban J connectivity index is 1.85. The van der Waals surface area contributed by atoms with Gasteiger partial charge in [0.2, 0.25) is 11.8 Å². The number of amides is 5. The molecule has 5 amide bonds. The van der Waals surface area contributed by atoms with Crippen molar-refractivity contribution in [3.05, 3.63) is 28.6 Å². The van der Waals surface area contributed by atoms with Gasteiger partial charge in [-0.3, -0.25) is 29.4 Å². The van der Waals surface area contributed by atoms with Gasteiger partial charge in [-0.1, -0.05) is 0 Å². The van der Waals surface area contributed by atoms with Gasteiger partial charge >= 0.3 is 6.09 Å². The SMILES string of the molecule is CC(C)(C)N1C(=O)c2cc(F)c(OC(=O)N3CCNCC3)c(C3CCC(=O)NC3=O)c2C1=O. The molecule has 0 radical (unpaired) electrons. The van der Waals surface area contributed by atoms with Crippen LogP contribution in [-0.2, 0) is 9.59 Å². The van der Waals surface area contributed by atoms with E-state index in [0.717, 1.165) is 11.0 Å². The van der Waals surface area contributed by atoms with Crippen molar-refractivity contribution in [1.82, 2.24) is 20.4 Å². The third-order valence-corrected chi connectivity index (χ3v) is 5.94. The first-order valence-electron chi connectivity index (χ1n) is 10.8. The van der Waals surface area contributed by atoms with Crippen molar-refractivity contribution in [2.24, 2.45) is 0 Å². The first kappa shape index (κ1) is 22.8. The standard InChI is InChI=1S/C22H25FN4O6/c1-22(2,3)27-19(30)12-10-13(23)17(33-21(32)26-8-6-24-7-9-26)15(16(12)20(27)31)11-4-5-14(28)25-18(11)29/h10-11,24H,4-9H2,1-3H3,(H,25,28,29). The highest BCUT2D eigenvalue weighted by Gasteiger charge is 2.47. The monoisotopic (exact) mass is 460 g/mol. The van der Waals surface area contributed by atoms with E-state index in [0.29, 0.717) is 26.2 Å². The van der Waals surface area contributed by atoms with Crippen LogP contribution in [0.1, 0.15) is 65.8 Å². The molecule has 1 aromatic carbocycles. The van der Waals surface area contributed by atoms with E-state index in [4.69, 9.17) is 4.74 Å². The number of hydrogen-bond acceptors (Lipinski definition) is 7. The Morgan fingerprint density at radius 3 is 2.39 bits per heavy atom. The molecule has 10 nitrogen and oxygen atoms in total. The van der Waals surface area contributed by atoms with Crippen LogP contribution in [0.2, 0.25) is 0 Å². The van der Waals surface area contributed by atoms with Gasteiger partial charge in [-0.2, -0.15) is 0 Å². The molecule has 3 aliphatic heterocycles. The predicted octanol–water partition coefficient (Wildman–Crippen LogP) is 1.14. The van der Waals surface area contributed by atoms with Gasteiger partial charge in [-0.25, -0.2) is 9.18 Å². The molecule has 4 rings (SSSR count). The summed E-state index contributed by atoms with van der Waals surface area (Å²) < 4.78 is 20.7. The van der Waals surface area contributed by atoms with Gasteiger partial charge in [0.05, 0.1) is 17.0 Å². The zero-order valence-electron chi connectivity index (χ0n) is 18.6. The van der Waals surface area contributed by atoms with Gasteiger partial charge in [-0.05, 0) is 33.3 Å². The van der Waals surface area contributed by atoms with E-state index in [1.165, 1.54) is 4.90 Å². The quantitative estimate of drug-likeness (QED) is 0.634. The molecular formula is C22H25FN4O6. The fraction of sp³-hybridized carbons (Fsp3) is 0.500. The smallest absolute Gasteiger partial charge is 0.407 e. The van der Waals surface area contributed by atoms with Crippen molar-refractivity contribution in [2.75, 3.05) is 26.2 Å². The third kappa shape index (κ3) is 3.97. The van der Waals surface area contributed by atoms with Crippen LogP contribution >= 0.6 is 0 Å². The molecule has 2 N–H and O–H groups in total. The number of carbonyl (C=O) groups excluding carboxylic acids is 5. The summed E-state index contributed by atoms with van der Waals surface area (Å²) in [4.78, 5) is 65.9. The Bertz CT molecular complexity index is 1070. The number of rotatable bonds is 2. The molecule has 176 valence electrons. The number of nitrogens with one attached hydrogen (secondary N) is 2. The lowest BCUT2D eigenvalue weighted by Gasteiger charge is -2.30. The molecule has 0 saturated carbocycles. The highest BCUT2D eigenvalue weighted by atomic mass is 19.1. The Kier molecular flexibility index (Phi) is 5.69. The molecule has 3 heterocycles. The fourth-order valence-corrected chi connectivity index (χ4v) is 4.39. The Morgan fingerprint density at radius 2 is 1.79 bits per heavy atom. The predicted molar refractivity (Wildman–Crippen MR) is 112 cm³/mol. The van der Waals surface area contributed by atoms with Crippen LogP contribution in [0.3, 0.4) is 0 Å². The van der Waals surface area contributed by atoms with Crippen LogP contribution in [0.25, 0.3) is 0 Å². The Morgan fingerprint density at radius 1 is 1.12 bits per heavy atom. The minimum atomic E-state index is -1.14. The first-order valence-corrected chi connectivity index (χ1v) is 10.8. The number of fused-ring (bicyclic) bond motifs is 1. The molecule has 0 aromatic heterocycles. The topological polar surface area (TPSA) is 125 Å². The van der Waals surface area contributed by atoms with E-state index in [-0.39, 0.29) is 29.5 Å². The van der Waals surface area contributed by atoms with Crippen molar-refractivity contribution >= 4 is 29.7 Å². The maximum absolute atomic E-state index is 15.3. The minimum absolute atomic E-state index is 0.0181. The number of nitrogens with zero attached hydrogens (tertiary/aromatic N) is 2. The molecule has 1 unspecified atom stereocenters. The molecule has 0 aliphatic carbocycles. The van der Waals surface area contributed by atoms with Gasteiger partial charge in [0.15, 0.2) is 11.6 Å². The molecule has 33 heavy (non-hydrogen) atoms. The third-order valence-electron chi connectivity index (χ3n) is 5.94. The lowest BCUT2D eigenvalue weighted by atomic mass is 9.85. The van der Waals surface area contributed by atoms with Gasteiger partial charge in [-0.15, -0.1) is 0 Å². The zero-order chi connectivity index (χ0) is 24.1. The van der Waals surface area contributed by atoms with E-state index >= 15 is 4.39 Å². The number of piperazine rings is 1. The lowest BCUT2D eigenvalue weighted by Crippen LogP contribution is -2.47. The molecule has 2 saturated heterocycles. The molecule has 1 atom stereocenters. The van der Waals surface area contributed by atoms with Crippen LogP contribution in [0.5, 0.6) is 5.75 Å². The second-order valence-electron chi connectivity index (χ2n) is 9.25. The average molecular weight is 460 g/mol. The van der Waals surface area contributed by atoms with Gasteiger partial charge in [0.1, 0.15) is 0 Å². The number of halogens is 1. The Labute approximate surface area is 189 Å². The number of benzene rings is 1. The van der Waals surface area contributed by atoms with Crippen molar-refractivity contribution in [3.63, 3.8) is 0 Å². The summed E-state index contributed by atoms with van der Waals surface area (Å²) in [5, 5.41) is 5.27. The zero-order valence-corrected chi connectivity index (χ0v) is 18.6. The van der Waals surface area contributed by atoms with Crippen molar-refractivity contribution in [2.45, 2.75) is 45.1 Å². The summed E-state index contributed by atoms with van der Waals surface area (Å²) >= 11 is 0. The molecule has 11 heteroatoms. The maximum atomic E-state index is 15.3. The maximum Gasteiger partial charge on any atom is 0.415 e. The molecule has 0 bridgehead atoms. The molecule has 1 aromatic rings. The normalized spacial score (nSPS) is 21.3. The van der Waals surface area contributed by atoms with Gasteiger partial charge < -0.3 is 15.0 Å². The summed E-state index contributed by atoms with van der Waals surface area (Å²) in [7, 11) is 0.